The first-order chi connectivity index (χ1) is 15.6. The van der Waals surface area contributed by atoms with E-state index in [-0.39, 0.29) is 35.1 Å². The number of unbranched alkanes of at least 4 members (excludes halogenated alkanes) is 1. The second kappa shape index (κ2) is 11.1. The van der Waals surface area contributed by atoms with Crippen LogP contribution in [0.4, 0.5) is 0 Å². The number of nitrogens with zero attached hydrogens (tertiary/aromatic N) is 1. The summed E-state index contributed by atoms with van der Waals surface area (Å²) in [5, 5.41) is 9.71. The molecule has 3 saturated heterocycles. The molecule has 3 heterocycles. The number of aliphatic hydroxyl groups is 1. The zero-order valence-corrected chi connectivity index (χ0v) is 19.4. The van der Waals surface area contributed by atoms with E-state index in [0.29, 0.717) is 25.1 Å². The highest BCUT2D eigenvalue weighted by Gasteiger charge is 2.48. The van der Waals surface area contributed by atoms with Gasteiger partial charge >= 0.3 is 5.97 Å². The number of fused-ring (bicyclic) bond motifs is 1. The lowest BCUT2D eigenvalue weighted by molar-refractivity contribution is -0.151. The third-order valence-electron chi connectivity index (χ3n) is 6.41. The van der Waals surface area contributed by atoms with Crippen molar-refractivity contribution in [3.8, 4) is 0 Å². The van der Waals surface area contributed by atoms with Crippen LogP contribution in [0.3, 0.4) is 0 Å². The molecule has 5 atom stereocenters. The number of aliphatic hydroxyl groups excluding tert-OH is 1. The van der Waals surface area contributed by atoms with Gasteiger partial charge in [0.1, 0.15) is 24.4 Å². The van der Waals surface area contributed by atoms with Crippen LogP contribution in [0.5, 0.6) is 0 Å². The zero-order chi connectivity index (χ0) is 22.5. The number of rotatable bonds is 9. The molecule has 0 aliphatic carbocycles. The summed E-state index contributed by atoms with van der Waals surface area (Å²) in [6, 6.07) is 7.41. The van der Waals surface area contributed by atoms with Crippen molar-refractivity contribution in [1.29, 1.82) is 0 Å². The number of hydrogen-bond donors (Lipinski definition) is 1. The smallest absolute Gasteiger partial charge is 0.320 e. The Kier molecular flexibility index (Phi) is 8.23. The fourth-order valence-corrected chi connectivity index (χ4v) is 5.80. The summed E-state index contributed by atoms with van der Waals surface area (Å²) in [7, 11) is 0. The highest BCUT2D eigenvalue weighted by atomic mass is 32.2. The summed E-state index contributed by atoms with van der Waals surface area (Å²) in [5.74, 6) is -0.233. The molecule has 32 heavy (non-hydrogen) atoms. The molecule has 2 unspecified atom stereocenters. The average molecular weight is 464 g/mol. The fourth-order valence-electron chi connectivity index (χ4n) is 4.70. The number of hydrogen-bond acceptors (Lipinski definition) is 8. The van der Waals surface area contributed by atoms with Crippen molar-refractivity contribution in [3.63, 3.8) is 0 Å². The first-order valence-corrected chi connectivity index (χ1v) is 12.6. The van der Waals surface area contributed by atoms with Crippen molar-refractivity contribution in [2.24, 2.45) is 0 Å². The second-order valence-corrected chi connectivity index (χ2v) is 10.0. The van der Waals surface area contributed by atoms with Crippen LogP contribution < -0.4 is 0 Å². The quantitative estimate of drug-likeness (QED) is 0.560. The van der Waals surface area contributed by atoms with E-state index < -0.39 is 12.2 Å². The van der Waals surface area contributed by atoms with Gasteiger partial charge in [0.15, 0.2) is 0 Å². The Morgan fingerprint density at radius 1 is 1.19 bits per heavy atom. The summed E-state index contributed by atoms with van der Waals surface area (Å²) in [6.45, 7) is 4.88. The maximum absolute atomic E-state index is 13.3. The molecule has 3 fully saturated rings. The van der Waals surface area contributed by atoms with Crippen LogP contribution in [0.15, 0.2) is 24.3 Å². The number of esters is 1. The van der Waals surface area contributed by atoms with Crippen molar-refractivity contribution >= 4 is 22.8 Å². The standard InChI is InChI=1S/C24H33NO6S/c1-2-3-10-19(31-21(27)13-25-11-6-7-12-25)16-8-4-5-9-17(16)24(28)32-20-15-30-22-18(26)14-29-23(20)22/h4-5,8-9,18-20,22-23,26H,2-3,6-7,10-15H2,1H3/t18-,19?,20?,22-,23-/m1/s1. The molecule has 0 amide bonds. The number of likely N-dealkylation sites (tertiary alicyclic amines) is 1. The summed E-state index contributed by atoms with van der Waals surface area (Å²) in [4.78, 5) is 28.0. The SMILES string of the molecule is CCCCC(OC(=O)CN1CCCC1)c1ccccc1C(=O)SC1CO[C@@H]2[C@H](O)CO[C@H]12. The first kappa shape index (κ1) is 23.7. The molecular formula is C24H33NO6S. The molecule has 3 aliphatic rings. The van der Waals surface area contributed by atoms with E-state index in [1.54, 1.807) is 6.07 Å². The van der Waals surface area contributed by atoms with Gasteiger partial charge in [0.05, 0.1) is 25.0 Å². The van der Waals surface area contributed by atoms with E-state index >= 15 is 0 Å². The van der Waals surface area contributed by atoms with Gasteiger partial charge in [-0.15, -0.1) is 0 Å². The molecule has 1 aromatic rings. The van der Waals surface area contributed by atoms with Crippen LogP contribution >= 0.6 is 11.8 Å². The Bertz CT molecular complexity index is 798. The lowest BCUT2D eigenvalue weighted by atomic mass is 9.99. The monoisotopic (exact) mass is 463 g/mol. The molecule has 176 valence electrons. The zero-order valence-electron chi connectivity index (χ0n) is 18.6. The Morgan fingerprint density at radius 2 is 1.94 bits per heavy atom. The van der Waals surface area contributed by atoms with Crippen LogP contribution in [-0.2, 0) is 19.0 Å². The molecule has 7 nitrogen and oxygen atoms in total. The van der Waals surface area contributed by atoms with Gasteiger partial charge in [-0.05, 0) is 38.8 Å². The van der Waals surface area contributed by atoms with Gasteiger partial charge in [-0.3, -0.25) is 14.5 Å². The van der Waals surface area contributed by atoms with E-state index in [9.17, 15) is 14.7 Å². The van der Waals surface area contributed by atoms with Crippen LogP contribution in [0.2, 0.25) is 0 Å². The highest BCUT2D eigenvalue weighted by Crippen LogP contribution is 2.37. The Labute approximate surface area is 193 Å². The van der Waals surface area contributed by atoms with E-state index in [0.717, 1.165) is 44.3 Å². The number of carbonyl (C=O) groups excluding carboxylic acids is 2. The van der Waals surface area contributed by atoms with E-state index in [1.165, 1.54) is 11.8 Å². The van der Waals surface area contributed by atoms with E-state index in [4.69, 9.17) is 14.2 Å². The van der Waals surface area contributed by atoms with Crippen LogP contribution in [0.25, 0.3) is 0 Å². The number of thioether (sulfide) groups is 1. The molecular weight excluding hydrogens is 430 g/mol. The first-order valence-electron chi connectivity index (χ1n) is 11.7. The molecule has 0 radical (unpaired) electrons. The maximum Gasteiger partial charge on any atom is 0.320 e. The molecule has 0 saturated carbocycles. The van der Waals surface area contributed by atoms with E-state index in [1.807, 2.05) is 18.2 Å². The van der Waals surface area contributed by atoms with Gasteiger partial charge in [0.25, 0.3) is 0 Å². The van der Waals surface area contributed by atoms with Crippen molar-refractivity contribution < 1.29 is 28.9 Å². The van der Waals surface area contributed by atoms with Gasteiger partial charge < -0.3 is 19.3 Å². The minimum absolute atomic E-state index is 0.0862. The average Bonchev–Trinajstić information content (AvgIpc) is 3.52. The summed E-state index contributed by atoms with van der Waals surface area (Å²) >= 11 is 1.19. The minimum Gasteiger partial charge on any atom is -0.457 e. The molecule has 3 aliphatic heterocycles. The Morgan fingerprint density at radius 3 is 2.72 bits per heavy atom. The lowest BCUT2D eigenvalue weighted by Gasteiger charge is -2.23. The molecule has 0 aromatic heterocycles. The van der Waals surface area contributed by atoms with Crippen molar-refractivity contribution in [2.75, 3.05) is 32.8 Å². The van der Waals surface area contributed by atoms with Crippen LogP contribution in [0.1, 0.15) is 61.1 Å². The number of carbonyl (C=O) groups is 2. The molecule has 4 rings (SSSR count). The third kappa shape index (κ3) is 5.54. The Balaban J connectivity index is 1.46. The van der Waals surface area contributed by atoms with Gasteiger partial charge in [0.2, 0.25) is 5.12 Å². The van der Waals surface area contributed by atoms with E-state index in [2.05, 4.69) is 11.8 Å². The van der Waals surface area contributed by atoms with Crippen molar-refractivity contribution in [3.05, 3.63) is 35.4 Å². The fraction of sp³-hybridized carbons (Fsp3) is 0.667. The predicted octanol–water partition coefficient (Wildman–Crippen LogP) is 2.96. The minimum atomic E-state index is -0.638. The van der Waals surface area contributed by atoms with Gasteiger partial charge in [-0.2, -0.15) is 0 Å². The predicted molar refractivity (Wildman–Crippen MR) is 122 cm³/mol. The third-order valence-corrected chi connectivity index (χ3v) is 7.55. The molecule has 8 heteroatoms. The highest BCUT2D eigenvalue weighted by molar-refractivity contribution is 8.14. The maximum atomic E-state index is 13.3. The van der Waals surface area contributed by atoms with Crippen LogP contribution in [-0.4, -0.2) is 77.5 Å². The van der Waals surface area contributed by atoms with Gasteiger partial charge in [-0.1, -0.05) is 49.4 Å². The van der Waals surface area contributed by atoms with Crippen LogP contribution in [0, 0.1) is 0 Å². The molecule has 1 N–H and O–H groups in total. The largest absolute Gasteiger partial charge is 0.457 e. The normalized spacial score (nSPS) is 28.6. The summed E-state index contributed by atoms with van der Waals surface area (Å²) in [5.41, 5.74) is 1.32. The molecule has 1 aromatic carbocycles. The van der Waals surface area contributed by atoms with Gasteiger partial charge in [-0.25, -0.2) is 0 Å². The summed E-state index contributed by atoms with van der Waals surface area (Å²) in [6.07, 6.45) is 3.09. The Hall–Kier alpha value is -1.45. The summed E-state index contributed by atoms with van der Waals surface area (Å²) < 4.78 is 17.2. The topological polar surface area (TPSA) is 85.3 Å². The lowest BCUT2D eigenvalue weighted by Crippen LogP contribution is -2.30. The number of benzene rings is 1. The van der Waals surface area contributed by atoms with Crippen molar-refractivity contribution in [1.82, 2.24) is 4.90 Å². The number of ether oxygens (including phenoxy) is 3. The van der Waals surface area contributed by atoms with Crippen molar-refractivity contribution in [2.45, 2.75) is 68.7 Å². The van der Waals surface area contributed by atoms with Gasteiger partial charge in [0, 0.05) is 11.1 Å². The molecule has 0 bridgehead atoms. The molecule has 0 spiro atoms. The second-order valence-electron chi connectivity index (χ2n) is 8.80.